The number of rotatable bonds is 5. The highest BCUT2D eigenvalue weighted by Crippen LogP contribution is 2.36. The molecule has 2 aromatic rings. The lowest BCUT2D eigenvalue weighted by molar-refractivity contribution is 0.173. The zero-order valence-corrected chi connectivity index (χ0v) is 14.9. The molecule has 2 rings (SSSR count). The predicted molar refractivity (Wildman–Crippen MR) is 90.1 cm³/mol. The van der Waals surface area contributed by atoms with Gasteiger partial charge in [-0.05, 0) is 45.8 Å². The molecule has 0 radical (unpaired) electrons. The number of aliphatic hydroxyl groups is 1. The Hall–Kier alpha value is -1.04. The summed E-state index contributed by atoms with van der Waals surface area (Å²) < 4.78 is 12.4. The van der Waals surface area contributed by atoms with Gasteiger partial charge in [0.15, 0.2) is 0 Å². The highest BCUT2D eigenvalue weighted by atomic mass is 79.9. The van der Waals surface area contributed by atoms with Crippen molar-refractivity contribution in [1.82, 2.24) is 0 Å². The summed E-state index contributed by atoms with van der Waals surface area (Å²) >= 11 is 6.82. The molecular weight excluding hydrogens is 400 g/mol. The molecule has 0 aliphatic heterocycles. The van der Waals surface area contributed by atoms with Crippen molar-refractivity contribution in [3.63, 3.8) is 0 Å². The van der Waals surface area contributed by atoms with E-state index in [4.69, 9.17) is 9.47 Å². The third kappa shape index (κ3) is 3.99. The van der Waals surface area contributed by atoms with Crippen molar-refractivity contribution >= 4 is 31.9 Å². The molecule has 0 saturated heterocycles. The van der Waals surface area contributed by atoms with Gasteiger partial charge >= 0.3 is 0 Å². The van der Waals surface area contributed by atoms with Gasteiger partial charge in [0.1, 0.15) is 11.5 Å². The van der Waals surface area contributed by atoms with Gasteiger partial charge in [0.25, 0.3) is 0 Å². The first kappa shape index (κ1) is 16.3. The first-order valence-corrected chi connectivity index (χ1v) is 7.97. The van der Waals surface area contributed by atoms with Gasteiger partial charge in [0.05, 0.1) is 24.8 Å². The molecule has 0 aliphatic carbocycles. The Labute approximate surface area is 141 Å². The van der Waals surface area contributed by atoms with Gasteiger partial charge in [-0.25, -0.2) is 0 Å². The van der Waals surface area contributed by atoms with E-state index < -0.39 is 6.10 Å². The van der Waals surface area contributed by atoms with Gasteiger partial charge in [-0.15, -0.1) is 0 Å². The molecule has 112 valence electrons. The van der Waals surface area contributed by atoms with Crippen molar-refractivity contribution in [3.05, 3.63) is 56.5 Å². The molecule has 1 atom stereocenters. The maximum absolute atomic E-state index is 10.5. The lowest BCUT2D eigenvalue weighted by atomic mass is 10.0. The third-order valence-electron chi connectivity index (χ3n) is 3.21. The summed E-state index contributed by atoms with van der Waals surface area (Å²) in [6.07, 6.45) is -0.155. The molecule has 0 saturated carbocycles. The van der Waals surface area contributed by atoms with Crippen molar-refractivity contribution in [2.75, 3.05) is 14.2 Å². The summed E-state index contributed by atoms with van der Waals surface area (Å²) in [6, 6.07) is 11.5. The number of hydrogen-bond acceptors (Lipinski definition) is 3. The number of aliphatic hydroxyl groups excluding tert-OH is 1. The second kappa shape index (κ2) is 7.29. The van der Waals surface area contributed by atoms with Crippen LogP contribution in [0.2, 0.25) is 0 Å². The molecule has 0 fully saturated rings. The van der Waals surface area contributed by atoms with Crippen LogP contribution in [0.15, 0.2) is 45.3 Å². The van der Waals surface area contributed by atoms with E-state index in [-0.39, 0.29) is 0 Å². The van der Waals surface area contributed by atoms with E-state index in [0.717, 1.165) is 14.5 Å². The summed E-state index contributed by atoms with van der Waals surface area (Å²) in [7, 11) is 3.18. The Balaban J connectivity index is 2.29. The van der Waals surface area contributed by atoms with Gasteiger partial charge in [0.2, 0.25) is 0 Å². The number of ether oxygens (including phenoxy) is 2. The molecule has 0 bridgehead atoms. The van der Waals surface area contributed by atoms with Crippen LogP contribution in [0.1, 0.15) is 17.2 Å². The zero-order valence-electron chi connectivity index (χ0n) is 11.8. The van der Waals surface area contributed by atoms with Crippen LogP contribution in [0, 0.1) is 0 Å². The van der Waals surface area contributed by atoms with E-state index in [0.29, 0.717) is 23.5 Å². The molecule has 2 aromatic carbocycles. The Morgan fingerprint density at radius 3 is 2.19 bits per heavy atom. The fraction of sp³-hybridized carbons (Fsp3) is 0.250. The highest BCUT2D eigenvalue weighted by molar-refractivity contribution is 9.10. The highest BCUT2D eigenvalue weighted by Gasteiger charge is 2.17. The molecule has 3 nitrogen and oxygen atoms in total. The van der Waals surface area contributed by atoms with E-state index in [1.54, 1.807) is 26.4 Å². The van der Waals surface area contributed by atoms with E-state index in [9.17, 15) is 5.11 Å². The van der Waals surface area contributed by atoms with Crippen LogP contribution in [0.25, 0.3) is 0 Å². The Morgan fingerprint density at radius 2 is 1.62 bits per heavy atom. The molecule has 5 heteroatoms. The first-order chi connectivity index (χ1) is 10.0. The largest absolute Gasteiger partial charge is 0.496 e. The zero-order chi connectivity index (χ0) is 15.4. The molecule has 0 spiro atoms. The predicted octanol–water partition coefficient (Wildman–Crippen LogP) is 4.50. The van der Waals surface area contributed by atoms with Crippen molar-refractivity contribution in [2.24, 2.45) is 0 Å². The van der Waals surface area contributed by atoms with Gasteiger partial charge in [0, 0.05) is 16.5 Å². The minimum absolute atomic E-state index is 0.508. The van der Waals surface area contributed by atoms with Crippen LogP contribution >= 0.6 is 31.9 Å². The Bertz CT molecular complexity index is 612. The number of hydrogen-bond donors (Lipinski definition) is 1. The normalized spacial score (nSPS) is 12.0. The van der Waals surface area contributed by atoms with Crippen molar-refractivity contribution in [3.8, 4) is 11.5 Å². The third-order valence-corrected chi connectivity index (χ3v) is 4.35. The Morgan fingerprint density at radius 1 is 1.00 bits per heavy atom. The molecular formula is C16H16Br2O3. The second-order valence-corrected chi connectivity index (χ2v) is 6.35. The summed E-state index contributed by atoms with van der Waals surface area (Å²) in [6.45, 7) is 0. The fourth-order valence-electron chi connectivity index (χ4n) is 2.10. The molecule has 0 heterocycles. The molecule has 1 N–H and O–H groups in total. The van der Waals surface area contributed by atoms with E-state index in [1.165, 1.54) is 0 Å². The van der Waals surface area contributed by atoms with Crippen LogP contribution in [-0.4, -0.2) is 19.3 Å². The molecule has 0 aliphatic rings. The lowest BCUT2D eigenvalue weighted by Gasteiger charge is -2.17. The average Bonchev–Trinajstić information content (AvgIpc) is 2.49. The minimum Gasteiger partial charge on any atom is -0.496 e. The first-order valence-electron chi connectivity index (χ1n) is 6.39. The molecule has 21 heavy (non-hydrogen) atoms. The van der Waals surface area contributed by atoms with Crippen LogP contribution in [-0.2, 0) is 6.42 Å². The van der Waals surface area contributed by atoms with Crippen molar-refractivity contribution in [2.45, 2.75) is 12.5 Å². The van der Waals surface area contributed by atoms with Crippen molar-refractivity contribution < 1.29 is 14.6 Å². The minimum atomic E-state index is -0.664. The summed E-state index contributed by atoms with van der Waals surface area (Å²) in [5.41, 5.74) is 1.76. The summed E-state index contributed by atoms with van der Waals surface area (Å²) in [5, 5.41) is 10.5. The Kier molecular flexibility index (Phi) is 5.67. The standard InChI is InChI=1S/C16H16Br2O3/c1-20-15-9-13(18)16(21-2)8-12(15)14(19)7-10-3-5-11(17)6-4-10/h3-6,8-9,14,19H,7H2,1-2H3. The van der Waals surface area contributed by atoms with Gasteiger partial charge in [-0.3, -0.25) is 0 Å². The lowest BCUT2D eigenvalue weighted by Crippen LogP contribution is -2.05. The molecule has 0 amide bonds. The molecule has 1 unspecified atom stereocenters. The summed E-state index contributed by atoms with van der Waals surface area (Å²) in [5.74, 6) is 1.30. The molecule has 0 aromatic heterocycles. The monoisotopic (exact) mass is 414 g/mol. The number of benzene rings is 2. The number of halogens is 2. The van der Waals surface area contributed by atoms with Crippen LogP contribution < -0.4 is 9.47 Å². The maximum atomic E-state index is 10.5. The SMILES string of the molecule is COc1cc(C(O)Cc2ccc(Br)cc2)c(OC)cc1Br. The van der Waals surface area contributed by atoms with E-state index >= 15 is 0 Å². The van der Waals surface area contributed by atoms with Crippen molar-refractivity contribution in [1.29, 1.82) is 0 Å². The topological polar surface area (TPSA) is 38.7 Å². The fourth-order valence-corrected chi connectivity index (χ4v) is 2.85. The van der Waals surface area contributed by atoms with Gasteiger partial charge < -0.3 is 14.6 Å². The van der Waals surface area contributed by atoms with Crippen LogP contribution in [0.3, 0.4) is 0 Å². The van der Waals surface area contributed by atoms with Gasteiger partial charge in [-0.1, -0.05) is 28.1 Å². The van der Waals surface area contributed by atoms with E-state index in [1.807, 2.05) is 24.3 Å². The second-order valence-electron chi connectivity index (χ2n) is 4.58. The summed E-state index contributed by atoms with van der Waals surface area (Å²) in [4.78, 5) is 0. The van der Waals surface area contributed by atoms with Gasteiger partial charge in [-0.2, -0.15) is 0 Å². The maximum Gasteiger partial charge on any atom is 0.133 e. The average molecular weight is 416 g/mol. The smallest absolute Gasteiger partial charge is 0.133 e. The quantitative estimate of drug-likeness (QED) is 0.780. The number of methoxy groups -OCH3 is 2. The van der Waals surface area contributed by atoms with E-state index in [2.05, 4.69) is 31.9 Å². The van der Waals surface area contributed by atoms with Crippen LogP contribution in [0.4, 0.5) is 0 Å². The van der Waals surface area contributed by atoms with Crippen LogP contribution in [0.5, 0.6) is 11.5 Å².